The van der Waals surface area contributed by atoms with E-state index < -0.39 is 35.4 Å². The van der Waals surface area contributed by atoms with Crippen molar-refractivity contribution < 1.29 is 52.5 Å². The number of nitrogens with zero attached hydrogens (tertiary/aromatic N) is 2. The molecular formula is C72H100ClN2O10+. The van der Waals surface area contributed by atoms with Gasteiger partial charge in [-0.1, -0.05) is 121 Å². The lowest BCUT2D eigenvalue weighted by Gasteiger charge is -2.60. The molecule has 4 bridgehead atoms. The highest BCUT2D eigenvalue weighted by molar-refractivity contribution is 6.32. The molecule has 2 unspecified atom stereocenters. The van der Waals surface area contributed by atoms with Crippen LogP contribution in [0.15, 0.2) is 94.7 Å². The maximum Gasteiger partial charge on any atom is 0.209 e. The average Bonchev–Trinajstić information content (AvgIpc) is 1.83. The molecule has 85 heavy (non-hydrogen) atoms. The molecule has 2 aromatic rings. The predicted octanol–water partition coefficient (Wildman–Crippen LogP) is 16.5. The van der Waals surface area contributed by atoms with Gasteiger partial charge < -0.3 is 33.3 Å². The van der Waals surface area contributed by atoms with Gasteiger partial charge in [0, 0.05) is 102 Å². The highest BCUT2D eigenvalue weighted by Crippen LogP contribution is 2.63. The zero-order valence-corrected chi connectivity index (χ0v) is 53.7. The second kappa shape index (κ2) is 23.9. The molecule has 0 aromatic heterocycles. The Bertz CT molecular complexity index is 2950. The third kappa shape index (κ3) is 10.7. The summed E-state index contributed by atoms with van der Waals surface area (Å²) in [6.45, 7) is 26.0. The molecule has 3 aliphatic carbocycles. The minimum atomic E-state index is -0.779. The SMILES string of the molecule is C[C@@H]1C(OCCCCCC[N+]2=C(/C=C/C3=C(Cl)C(=C/C=C4/N(CCCCCCOC5O[C@H]6O[C@]7(C)CC[C@@H]8[C@@H](C)CC[C@H]([C@@H]5C)[C@]68OO7)c5ccccc5C4(C)C)/CCC3)C(C)(C)c3ccccc32)O[C@H]2O[C@@]3(C)CC[C@@H]4[C@@H](C)CC[C@H]1[C@]24OO3. The molecule has 8 saturated heterocycles. The summed E-state index contributed by atoms with van der Waals surface area (Å²) in [5.74, 6) is 1.16. The van der Waals surface area contributed by atoms with E-state index in [0.29, 0.717) is 36.9 Å². The van der Waals surface area contributed by atoms with E-state index in [1.165, 1.54) is 57.9 Å². The molecule has 2 spiro atoms. The number of unbranched alkanes of at least 4 members (excludes halogenated alkanes) is 6. The van der Waals surface area contributed by atoms with Gasteiger partial charge in [0.2, 0.25) is 17.3 Å². The number of para-hydroxylation sites is 2. The van der Waals surface area contributed by atoms with E-state index in [1.807, 2.05) is 13.8 Å². The van der Waals surface area contributed by atoms with E-state index in [0.717, 1.165) is 127 Å². The van der Waals surface area contributed by atoms with Crippen molar-refractivity contribution in [2.45, 2.75) is 250 Å². The Hall–Kier alpha value is -3.24. The summed E-state index contributed by atoms with van der Waals surface area (Å²) >= 11 is 7.51. The Morgan fingerprint density at radius 1 is 0.588 bits per heavy atom. The van der Waals surface area contributed by atoms with Gasteiger partial charge in [-0.05, 0) is 164 Å². The lowest BCUT2D eigenvalue weighted by molar-refractivity contribution is -0.577. The fourth-order valence-corrected chi connectivity index (χ4v) is 18.6. The Morgan fingerprint density at radius 2 is 1.15 bits per heavy atom. The second-order valence-electron chi connectivity index (χ2n) is 29.4. The largest absolute Gasteiger partial charge is 0.352 e. The lowest BCUT2D eigenvalue weighted by atomic mass is 9.58. The molecule has 15 rings (SSSR count). The highest BCUT2D eigenvalue weighted by Gasteiger charge is 2.71. The number of anilines is 1. The van der Waals surface area contributed by atoms with Crippen molar-refractivity contribution in [2.24, 2.45) is 47.3 Å². The summed E-state index contributed by atoms with van der Waals surface area (Å²) in [6.07, 6.45) is 27.7. The molecule has 0 amide bonds. The molecule has 2 aromatic carbocycles. The van der Waals surface area contributed by atoms with E-state index in [-0.39, 0.29) is 47.1 Å². The first-order valence-corrected chi connectivity index (χ1v) is 34.0. The van der Waals surface area contributed by atoms with Gasteiger partial charge in [0.25, 0.3) is 0 Å². The number of ether oxygens (including phenoxy) is 6. The molecule has 464 valence electrons. The van der Waals surface area contributed by atoms with Gasteiger partial charge in [0.1, 0.15) is 6.54 Å². The smallest absolute Gasteiger partial charge is 0.209 e. The summed E-state index contributed by atoms with van der Waals surface area (Å²) in [5.41, 5.74) is 9.08. The molecular weight excluding hydrogens is 1090 g/mol. The van der Waals surface area contributed by atoms with E-state index in [9.17, 15) is 0 Å². The number of benzene rings is 2. The van der Waals surface area contributed by atoms with Crippen LogP contribution in [0.2, 0.25) is 0 Å². The van der Waals surface area contributed by atoms with Crippen LogP contribution in [-0.2, 0) is 58.8 Å². The van der Waals surface area contributed by atoms with Gasteiger partial charge in [0.05, 0.1) is 5.41 Å². The van der Waals surface area contributed by atoms with E-state index in [4.69, 9.17) is 59.6 Å². The van der Waals surface area contributed by atoms with Crippen LogP contribution in [0, 0.1) is 47.3 Å². The van der Waals surface area contributed by atoms with E-state index in [1.54, 1.807) is 0 Å². The molecule has 13 aliphatic rings. The van der Waals surface area contributed by atoms with Crippen molar-refractivity contribution in [1.29, 1.82) is 0 Å². The minimum absolute atomic E-state index is 0.146. The van der Waals surface area contributed by atoms with Crippen LogP contribution < -0.4 is 4.90 Å². The molecule has 16 atom stereocenters. The topological polar surface area (TPSA) is 98.6 Å². The van der Waals surface area contributed by atoms with Gasteiger partial charge in [-0.2, -0.15) is 4.58 Å². The van der Waals surface area contributed by atoms with Crippen LogP contribution in [0.1, 0.15) is 202 Å². The Morgan fingerprint density at radius 3 is 1.78 bits per heavy atom. The van der Waals surface area contributed by atoms with Crippen molar-refractivity contribution in [3.05, 3.63) is 106 Å². The molecule has 12 nitrogen and oxygen atoms in total. The number of halogens is 1. The molecule has 10 heterocycles. The molecule has 0 N–H and O–H groups in total. The average molecular weight is 1190 g/mol. The number of fused-ring (bicyclic) bond motifs is 6. The summed E-state index contributed by atoms with van der Waals surface area (Å²) in [4.78, 5) is 27.4. The van der Waals surface area contributed by atoms with Gasteiger partial charge in [-0.15, -0.1) is 0 Å². The van der Waals surface area contributed by atoms with Crippen molar-refractivity contribution in [3.8, 4) is 0 Å². The molecule has 2 saturated carbocycles. The third-order valence-corrected chi connectivity index (χ3v) is 23.7. The van der Waals surface area contributed by atoms with Gasteiger partial charge >= 0.3 is 0 Å². The van der Waals surface area contributed by atoms with Crippen LogP contribution in [0.3, 0.4) is 0 Å². The van der Waals surface area contributed by atoms with Crippen molar-refractivity contribution >= 4 is 28.7 Å². The van der Waals surface area contributed by atoms with Crippen LogP contribution in [0.5, 0.6) is 0 Å². The Labute approximate surface area is 513 Å². The Balaban J connectivity index is 0.623. The lowest BCUT2D eigenvalue weighted by Crippen LogP contribution is -2.70. The van der Waals surface area contributed by atoms with E-state index in [2.05, 4.69) is 138 Å². The number of allylic oxidation sites excluding steroid dienone is 8. The maximum atomic E-state index is 7.51. The molecule has 10 fully saturated rings. The highest BCUT2D eigenvalue weighted by atomic mass is 35.5. The summed E-state index contributed by atoms with van der Waals surface area (Å²) in [5, 5.41) is 0.899. The quantitative estimate of drug-likeness (QED) is 0.0764. The number of hydrogen-bond acceptors (Lipinski definition) is 11. The van der Waals surface area contributed by atoms with Crippen LogP contribution in [-0.4, -0.2) is 84.5 Å². The minimum Gasteiger partial charge on any atom is -0.352 e. The van der Waals surface area contributed by atoms with Crippen molar-refractivity contribution in [2.75, 3.05) is 31.2 Å². The zero-order valence-electron chi connectivity index (χ0n) is 53.0. The summed E-state index contributed by atoms with van der Waals surface area (Å²) in [6, 6.07) is 18.0. The first-order valence-electron chi connectivity index (χ1n) is 33.6. The molecule has 13 heteroatoms. The molecule has 10 aliphatic heterocycles. The van der Waals surface area contributed by atoms with Crippen molar-refractivity contribution in [1.82, 2.24) is 0 Å². The fraction of sp³-hybridized carbons (Fsp3) is 0.708. The van der Waals surface area contributed by atoms with Gasteiger partial charge in [-0.3, -0.25) is 0 Å². The first-order chi connectivity index (χ1) is 40.9. The van der Waals surface area contributed by atoms with Crippen LogP contribution in [0.25, 0.3) is 0 Å². The zero-order chi connectivity index (χ0) is 59.1. The monoisotopic (exact) mass is 1190 g/mol. The first kappa shape index (κ1) is 60.7. The second-order valence-corrected chi connectivity index (χ2v) is 29.7. The number of rotatable bonds is 19. The molecule has 0 radical (unpaired) electrons. The normalized spacial score (nSPS) is 40.4. The van der Waals surface area contributed by atoms with Gasteiger partial charge in [0.15, 0.2) is 42.1 Å². The predicted molar refractivity (Wildman–Crippen MR) is 331 cm³/mol. The fourth-order valence-electron chi connectivity index (χ4n) is 18.3. The summed E-state index contributed by atoms with van der Waals surface area (Å²) < 4.78 is 42.4. The Kier molecular flexibility index (Phi) is 17.0. The van der Waals surface area contributed by atoms with Crippen LogP contribution in [0.4, 0.5) is 11.4 Å². The van der Waals surface area contributed by atoms with Gasteiger partial charge in [-0.25, -0.2) is 19.6 Å². The van der Waals surface area contributed by atoms with Crippen molar-refractivity contribution in [3.63, 3.8) is 0 Å². The summed E-state index contributed by atoms with van der Waals surface area (Å²) in [7, 11) is 0. The third-order valence-electron chi connectivity index (χ3n) is 23.3. The van der Waals surface area contributed by atoms with E-state index >= 15 is 0 Å². The standard InChI is InChI=1S/C72H100ClN2O10/c1-46-30-34-54-48(3)63(78-65-71(54)52(46)38-40-69(9,80-65)82-84-71)76-44-21-13-11-19-42-74-58-28-17-15-26-56(58)67(5,6)60(74)36-32-50-24-23-25-51(62(50)73)33-37-61-68(7,8)57-27-16-18-29-59(57)75(61)43-20-12-14-22-45-77-64-49(4)55-35-31-47(2)53-39-41-70(10)81-66(79-64)72(53,55)85-83-70/h15-18,26-29,32-33,36-37,46-49,52-55,63-66H,11-14,19-25,30-31,34-35,38-45H2,1-10H3/q+1/t46-,47-,48-,49-,52+,53+,54+,55+,63?,64?,65-,66-,69-,70+,71-,72-/m0/s1. The number of hydrogen-bond donors (Lipinski definition) is 0. The maximum absolute atomic E-state index is 7.51. The van der Waals surface area contributed by atoms with Crippen LogP contribution >= 0.6 is 11.6 Å².